The van der Waals surface area contributed by atoms with Gasteiger partial charge in [0.05, 0.1) is 35.3 Å². The molecule has 2 aromatic carbocycles. The molecule has 0 aliphatic carbocycles. The van der Waals surface area contributed by atoms with Crippen LogP contribution in [-0.2, 0) is 11.3 Å². The minimum Gasteiger partial charge on any atom is -0.489 e. The summed E-state index contributed by atoms with van der Waals surface area (Å²) < 4.78 is 27.8. The highest BCUT2D eigenvalue weighted by atomic mass is 19.1. The Morgan fingerprint density at radius 1 is 1.19 bits per heavy atom. The van der Waals surface area contributed by atoms with E-state index in [9.17, 15) is 14.4 Å². The van der Waals surface area contributed by atoms with Crippen molar-refractivity contribution in [2.45, 2.75) is 52.8 Å². The number of likely N-dealkylation sites (tertiary alicyclic amines) is 1. The number of nitrogens with zero attached hydrogens (tertiary/aromatic N) is 6. The average Bonchev–Trinajstić information content (AvgIpc) is 3.49. The Morgan fingerprint density at radius 2 is 2.00 bits per heavy atom. The lowest BCUT2D eigenvalue weighted by molar-refractivity contribution is 0.0439. The van der Waals surface area contributed by atoms with Gasteiger partial charge in [-0.1, -0.05) is 30.3 Å². The van der Waals surface area contributed by atoms with E-state index in [0.717, 1.165) is 30.4 Å². The zero-order chi connectivity index (χ0) is 30.4. The van der Waals surface area contributed by atoms with Crippen LogP contribution in [0.2, 0.25) is 0 Å². The molecule has 3 heterocycles. The van der Waals surface area contributed by atoms with Gasteiger partial charge in [0.1, 0.15) is 19.4 Å². The molecule has 1 amide bonds. The van der Waals surface area contributed by atoms with Gasteiger partial charge in [-0.3, -0.25) is 4.90 Å². The maximum atomic E-state index is 14.9. The molecule has 11 heteroatoms. The molecular formula is C32H34FN7O3. The van der Waals surface area contributed by atoms with Gasteiger partial charge < -0.3 is 14.8 Å². The fourth-order valence-electron chi connectivity index (χ4n) is 4.75. The number of amides is 1. The fraction of sp³-hybridized carbons (Fsp3) is 0.344. The lowest BCUT2D eigenvalue weighted by Gasteiger charge is -2.34. The van der Waals surface area contributed by atoms with Crippen LogP contribution >= 0.6 is 0 Å². The molecule has 1 N–H and O–H groups in total. The molecule has 4 aromatic rings. The molecule has 0 saturated carbocycles. The number of halogens is 1. The van der Waals surface area contributed by atoms with Gasteiger partial charge in [-0.2, -0.15) is 10.4 Å². The molecule has 2 aromatic heterocycles. The summed E-state index contributed by atoms with van der Waals surface area (Å²) in [7, 11) is 0. The van der Waals surface area contributed by atoms with Crippen LogP contribution in [0, 0.1) is 29.5 Å². The van der Waals surface area contributed by atoms with E-state index in [4.69, 9.17) is 9.47 Å². The van der Waals surface area contributed by atoms with Crippen LogP contribution in [0.3, 0.4) is 0 Å². The van der Waals surface area contributed by atoms with Crippen molar-refractivity contribution in [2.75, 3.05) is 18.5 Å². The normalized spacial score (nSPS) is 15.0. The van der Waals surface area contributed by atoms with Crippen LogP contribution in [0.4, 0.5) is 20.8 Å². The number of hydrogen-bond donors (Lipinski definition) is 1. The first-order valence-corrected chi connectivity index (χ1v) is 14.2. The predicted octanol–water partition coefficient (Wildman–Crippen LogP) is 6.78. The van der Waals surface area contributed by atoms with E-state index in [-0.39, 0.29) is 31.2 Å². The molecule has 1 aliphatic rings. The highest BCUT2D eigenvalue weighted by Gasteiger charge is 2.30. The SMILES string of the molecule is Cc1cnc(Nc2cnn(C3CCCCN3C(=O)OCc3ccccc3)c2)nc1-c1ccc(OCC(C)(C)C#N)c(F)c1. The maximum absolute atomic E-state index is 14.9. The Kier molecular flexibility index (Phi) is 8.85. The van der Waals surface area contributed by atoms with Gasteiger partial charge in [0.15, 0.2) is 11.6 Å². The molecule has 0 radical (unpaired) electrons. The lowest BCUT2D eigenvalue weighted by Crippen LogP contribution is -2.41. The molecule has 5 rings (SSSR count). The van der Waals surface area contributed by atoms with Crippen LogP contribution in [0.1, 0.15) is 50.4 Å². The Labute approximate surface area is 250 Å². The summed E-state index contributed by atoms with van der Waals surface area (Å²) in [5, 5.41) is 16.9. The summed E-state index contributed by atoms with van der Waals surface area (Å²) in [6.07, 6.45) is 7.10. The number of aromatic nitrogens is 4. The number of piperidine rings is 1. The number of hydrogen-bond acceptors (Lipinski definition) is 8. The number of ether oxygens (including phenoxy) is 2. The smallest absolute Gasteiger partial charge is 0.411 e. The van der Waals surface area contributed by atoms with Crippen LogP contribution in [0.5, 0.6) is 5.75 Å². The van der Waals surface area contributed by atoms with E-state index in [0.29, 0.717) is 29.4 Å². The third-order valence-electron chi connectivity index (χ3n) is 7.14. The molecule has 1 unspecified atom stereocenters. The molecular weight excluding hydrogens is 549 g/mol. The number of carbonyl (C=O) groups excluding carboxylic acids is 1. The summed E-state index contributed by atoms with van der Waals surface area (Å²) in [6, 6.07) is 16.4. The van der Waals surface area contributed by atoms with Crippen molar-refractivity contribution < 1.29 is 18.7 Å². The molecule has 1 aliphatic heterocycles. The van der Waals surface area contributed by atoms with Crippen molar-refractivity contribution in [1.82, 2.24) is 24.6 Å². The van der Waals surface area contributed by atoms with Crippen LogP contribution in [0.15, 0.2) is 67.1 Å². The Morgan fingerprint density at radius 3 is 2.77 bits per heavy atom. The summed E-state index contributed by atoms with van der Waals surface area (Å²) in [5.74, 6) is -0.149. The van der Waals surface area contributed by atoms with Crippen molar-refractivity contribution >= 4 is 17.7 Å². The van der Waals surface area contributed by atoms with Crippen molar-refractivity contribution in [3.63, 3.8) is 0 Å². The molecule has 222 valence electrons. The molecule has 1 saturated heterocycles. The van der Waals surface area contributed by atoms with Gasteiger partial charge in [0.2, 0.25) is 5.95 Å². The van der Waals surface area contributed by atoms with Crippen LogP contribution < -0.4 is 10.1 Å². The van der Waals surface area contributed by atoms with Crippen molar-refractivity contribution in [3.05, 3.63) is 84.1 Å². The first kappa shape index (κ1) is 29.5. The summed E-state index contributed by atoms with van der Waals surface area (Å²) >= 11 is 0. The van der Waals surface area contributed by atoms with Crippen molar-refractivity contribution in [3.8, 4) is 23.1 Å². The molecule has 0 bridgehead atoms. The molecule has 43 heavy (non-hydrogen) atoms. The summed E-state index contributed by atoms with van der Waals surface area (Å²) in [6.45, 7) is 6.18. The topological polar surface area (TPSA) is 118 Å². The Balaban J connectivity index is 1.27. The highest BCUT2D eigenvalue weighted by molar-refractivity contribution is 5.68. The number of aryl methyl sites for hydroxylation is 1. The van der Waals surface area contributed by atoms with E-state index >= 15 is 0 Å². The third kappa shape index (κ3) is 7.27. The largest absolute Gasteiger partial charge is 0.489 e. The number of nitriles is 1. The van der Waals surface area contributed by atoms with Gasteiger partial charge in [-0.25, -0.2) is 23.8 Å². The number of rotatable bonds is 9. The quantitative estimate of drug-likeness (QED) is 0.229. The first-order valence-electron chi connectivity index (χ1n) is 14.2. The lowest BCUT2D eigenvalue weighted by atomic mass is 9.98. The van der Waals surface area contributed by atoms with E-state index < -0.39 is 11.2 Å². The third-order valence-corrected chi connectivity index (χ3v) is 7.14. The van der Waals surface area contributed by atoms with Crippen molar-refractivity contribution in [2.24, 2.45) is 5.41 Å². The number of anilines is 2. The first-order chi connectivity index (χ1) is 20.7. The number of benzene rings is 2. The van der Waals surface area contributed by atoms with E-state index in [1.165, 1.54) is 12.1 Å². The van der Waals surface area contributed by atoms with Crippen LogP contribution in [-0.4, -0.2) is 43.9 Å². The summed E-state index contributed by atoms with van der Waals surface area (Å²) in [5.41, 5.74) is 2.74. The monoisotopic (exact) mass is 583 g/mol. The zero-order valence-electron chi connectivity index (χ0n) is 24.5. The predicted molar refractivity (Wildman–Crippen MR) is 159 cm³/mol. The molecule has 1 atom stereocenters. The fourth-order valence-corrected chi connectivity index (χ4v) is 4.75. The van der Waals surface area contributed by atoms with Gasteiger partial charge in [0, 0.05) is 18.3 Å². The second kappa shape index (κ2) is 12.9. The number of nitrogens with one attached hydrogen (secondary N) is 1. The minimum atomic E-state index is -0.732. The summed E-state index contributed by atoms with van der Waals surface area (Å²) in [4.78, 5) is 23.7. The number of carbonyl (C=O) groups is 1. The molecule has 10 nitrogen and oxygen atoms in total. The Bertz CT molecular complexity index is 1620. The van der Waals surface area contributed by atoms with E-state index in [1.807, 2.05) is 43.5 Å². The second-order valence-electron chi connectivity index (χ2n) is 11.2. The van der Waals surface area contributed by atoms with E-state index in [1.54, 1.807) is 41.9 Å². The average molecular weight is 584 g/mol. The molecule has 1 fully saturated rings. The Hall–Kier alpha value is -4.98. The zero-order valence-corrected chi connectivity index (χ0v) is 24.5. The maximum Gasteiger partial charge on any atom is 0.411 e. The van der Waals surface area contributed by atoms with Gasteiger partial charge in [-0.05, 0) is 69.4 Å². The van der Waals surface area contributed by atoms with Crippen LogP contribution in [0.25, 0.3) is 11.3 Å². The second-order valence-corrected chi connectivity index (χ2v) is 11.2. The van der Waals surface area contributed by atoms with Gasteiger partial charge in [-0.15, -0.1) is 0 Å². The van der Waals surface area contributed by atoms with Gasteiger partial charge >= 0.3 is 6.09 Å². The highest BCUT2D eigenvalue weighted by Crippen LogP contribution is 2.30. The molecule has 0 spiro atoms. The van der Waals surface area contributed by atoms with E-state index in [2.05, 4.69) is 26.5 Å². The van der Waals surface area contributed by atoms with Gasteiger partial charge in [0.25, 0.3) is 0 Å². The minimum absolute atomic E-state index is 0.0710. The standard InChI is InChI=1S/C32H34FN7O3/c1-22-16-35-30(38-29(22)24-12-13-27(26(33)15-24)43-21-32(2,3)20-34)37-25-17-36-40(18-25)28-11-7-8-14-39(28)31(41)42-19-23-9-5-4-6-10-23/h4-6,9-10,12-13,15-18,28H,7-8,11,14,19,21H2,1-3H3,(H,35,37,38). The van der Waals surface area contributed by atoms with Crippen molar-refractivity contribution in [1.29, 1.82) is 5.26 Å².